The van der Waals surface area contributed by atoms with Crippen molar-refractivity contribution in [3.63, 3.8) is 0 Å². The number of hydrogen-bond acceptors (Lipinski definition) is 8. The first-order valence-corrected chi connectivity index (χ1v) is 9.89. The smallest absolute Gasteiger partial charge is 0.328 e. The summed E-state index contributed by atoms with van der Waals surface area (Å²) in [5, 5.41) is 33.5. The average Bonchev–Trinajstić information content (AvgIpc) is 2.65. The first-order chi connectivity index (χ1) is 13.9. The van der Waals surface area contributed by atoms with Crippen LogP contribution in [-0.4, -0.2) is 81.5 Å². The van der Waals surface area contributed by atoms with E-state index in [2.05, 4.69) is 23.3 Å². The van der Waals surface area contributed by atoms with E-state index in [1.807, 2.05) is 19.2 Å². The van der Waals surface area contributed by atoms with Crippen LogP contribution in [0.5, 0.6) is 0 Å². The summed E-state index contributed by atoms with van der Waals surface area (Å²) in [6, 6.07) is -5.05. The zero-order chi connectivity index (χ0) is 23.4. The number of carboxylic acids is 2. The van der Waals surface area contributed by atoms with Crippen molar-refractivity contribution >= 4 is 42.3 Å². The lowest BCUT2D eigenvalue weighted by molar-refractivity contribution is -0.144. The van der Waals surface area contributed by atoms with Gasteiger partial charge >= 0.3 is 11.9 Å². The summed E-state index contributed by atoms with van der Waals surface area (Å²) in [6.45, 7) is 2.85. The van der Waals surface area contributed by atoms with Gasteiger partial charge < -0.3 is 37.0 Å². The molecule has 8 N–H and O–H groups in total. The minimum Gasteiger partial charge on any atom is -0.481 e. The minimum absolute atomic E-state index is 0.131. The Bertz CT molecular complexity index is 631. The molecule has 4 atom stereocenters. The minimum atomic E-state index is -1.63. The molecule has 0 spiro atoms. The molecule has 12 nitrogen and oxygen atoms in total. The van der Waals surface area contributed by atoms with E-state index in [9.17, 15) is 24.0 Å². The number of nitrogens with one attached hydrogen (secondary N) is 3. The number of aliphatic hydroxyl groups is 1. The molecule has 30 heavy (non-hydrogen) atoms. The molecular formula is C17H30N4O8S. The zero-order valence-corrected chi connectivity index (χ0v) is 17.7. The van der Waals surface area contributed by atoms with Crippen LogP contribution >= 0.6 is 12.6 Å². The molecule has 4 unspecified atom stereocenters. The van der Waals surface area contributed by atoms with Crippen molar-refractivity contribution in [3.05, 3.63) is 0 Å². The molecule has 0 saturated carbocycles. The molecule has 0 rings (SSSR count). The van der Waals surface area contributed by atoms with Crippen LogP contribution in [0.3, 0.4) is 0 Å². The molecule has 0 aliphatic carbocycles. The van der Waals surface area contributed by atoms with Gasteiger partial charge in [-0.3, -0.25) is 19.2 Å². The highest BCUT2D eigenvalue weighted by molar-refractivity contribution is 7.80. The van der Waals surface area contributed by atoms with E-state index in [0.717, 1.165) is 0 Å². The van der Waals surface area contributed by atoms with Crippen molar-refractivity contribution in [2.24, 2.45) is 11.7 Å². The normalized spacial score (nSPS) is 14.9. The van der Waals surface area contributed by atoms with Crippen LogP contribution in [0.15, 0.2) is 0 Å². The topological polar surface area (TPSA) is 208 Å². The van der Waals surface area contributed by atoms with Crippen molar-refractivity contribution in [1.29, 1.82) is 0 Å². The van der Waals surface area contributed by atoms with E-state index in [0.29, 0.717) is 6.42 Å². The number of carboxylic acid groups (broad SMARTS) is 2. The molecule has 0 saturated heterocycles. The van der Waals surface area contributed by atoms with Gasteiger partial charge in [-0.15, -0.1) is 0 Å². The summed E-state index contributed by atoms with van der Waals surface area (Å²) in [5.41, 5.74) is 5.77. The Hall–Kier alpha value is -2.38. The second kappa shape index (κ2) is 13.8. The molecule has 13 heteroatoms. The maximum atomic E-state index is 12.5. The number of carbonyl (C=O) groups is 5. The van der Waals surface area contributed by atoms with Crippen LogP contribution in [-0.2, 0) is 24.0 Å². The molecule has 0 aromatic carbocycles. The van der Waals surface area contributed by atoms with Crippen LogP contribution in [0, 0.1) is 5.92 Å². The van der Waals surface area contributed by atoms with E-state index in [-0.39, 0.29) is 18.1 Å². The molecule has 0 aromatic heterocycles. The third kappa shape index (κ3) is 10.4. The Morgan fingerprint density at radius 1 is 0.900 bits per heavy atom. The Kier molecular flexibility index (Phi) is 12.7. The van der Waals surface area contributed by atoms with Gasteiger partial charge in [0.25, 0.3) is 0 Å². The number of aliphatic carboxylic acids is 2. The lowest BCUT2D eigenvalue weighted by Crippen LogP contribution is -2.58. The van der Waals surface area contributed by atoms with Gasteiger partial charge in [0.15, 0.2) is 0 Å². The molecule has 0 aliphatic heterocycles. The van der Waals surface area contributed by atoms with Crippen LogP contribution in [0.2, 0.25) is 0 Å². The van der Waals surface area contributed by atoms with Gasteiger partial charge in [0.05, 0.1) is 12.6 Å². The standard InChI is InChI=1S/C17H30N4O8S/c1-8(2)5-9(18)14(25)21-12(7-30)16(27)19-10(3-4-13(23)24)15(26)20-11(6-22)17(28)29/h8-12,22,30H,3-7,18H2,1-2H3,(H,19,27)(H,20,26)(H,21,25)(H,23,24)(H,28,29). The quantitative estimate of drug-likeness (QED) is 0.133. The molecule has 0 bridgehead atoms. The Morgan fingerprint density at radius 2 is 1.40 bits per heavy atom. The van der Waals surface area contributed by atoms with Gasteiger partial charge in [-0.2, -0.15) is 12.6 Å². The highest BCUT2D eigenvalue weighted by Crippen LogP contribution is 2.04. The number of nitrogens with two attached hydrogens (primary N) is 1. The maximum absolute atomic E-state index is 12.5. The van der Waals surface area contributed by atoms with E-state index in [1.165, 1.54) is 0 Å². The van der Waals surface area contributed by atoms with Gasteiger partial charge in [-0.1, -0.05) is 13.8 Å². The number of hydrogen-bond donors (Lipinski definition) is 8. The molecule has 172 valence electrons. The Morgan fingerprint density at radius 3 is 1.83 bits per heavy atom. The fourth-order valence-corrected chi connectivity index (χ4v) is 2.61. The van der Waals surface area contributed by atoms with Crippen LogP contribution in [0.25, 0.3) is 0 Å². The second-order valence-electron chi connectivity index (χ2n) is 7.06. The molecule has 0 radical (unpaired) electrons. The van der Waals surface area contributed by atoms with E-state index in [1.54, 1.807) is 0 Å². The van der Waals surface area contributed by atoms with Gasteiger partial charge in [0.2, 0.25) is 17.7 Å². The fraction of sp³-hybridized carbons (Fsp3) is 0.706. The van der Waals surface area contributed by atoms with Crippen molar-refractivity contribution in [1.82, 2.24) is 16.0 Å². The maximum Gasteiger partial charge on any atom is 0.328 e. The van der Waals surface area contributed by atoms with Crippen molar-refractivity contribution in [2.75, 3.05) is 12.4 Å². The number of rotatable bonds is 14. The Labute approximate surface area is 179 Å². The molecule has 0 aliphatic rings. The highest BCUT2D eigenvalue weighted by atomic mass is 32.1. The van der Waals surface area contributed by atoms with E-state index < -0.39 is 66.9 Å². The fourth-order valence-electron chi connectivity index (χ4n) is 2.35. The van der Waals surface area contributed by atoms with Gasteiger partial charge in [-0.25, -0.2) is 4.79 Å². The molecular weight excluding hydrogens is 420 g/mol. The van der Waals surface area contributed by atoms with Gasteiger partial charge in [0.1, 0.15) is 18.1 Å². The van der Waals surface area contributed by atoms with Crippen molar-refractivity contribution < 1.29 is 39.3 Å². The molecule has 0 aromatic rings. The zero-order valence-electron chi connectivity index (χ0n) is 16.8. The first-order valence-electron chi connectivity index (χ1n) is 9.25. The summed E-state index contributed by atoms with van der Waals surface area (Å²) in [7, 11) is 0. The number of carbonyl (C=O) groups excluding carboxylic acids is 3. The number of thiol groups is 1. The largest absolute Gasteiger partial charge is 0.481 e. The molecule has 3 amide bonds. The van der Waals surface area contributed by atoms with Gasteiger partial charge in [0, 0.05) is 12.2 Å². The average molecular weight is 451 g/mol. The Balaban J connectivity index is 5.21. The third-order valence-corrected chi connectivity index (χ3v) is 4.32. The number of amides is 3. The number of aliphatic hydroxyl groups excluding tert-OH is 1. The second-order valence-corrected chi connectivity index (χ2v) is 7.42. The van der Waals surface area contributed by atoms with E-state index in [4.69, 9.17) is 21.1 Å². The highest BCUT2D eigenvalue weighted by Gasteiger charge is 2.30. The van der Waals surface area contributed by atoms with Crippen LogP contribution in [0.4, 0.5) is 0 Å². The monoisotopic (exact) mass is 450 g/mol. The third-order valence-electron chi connectivity index (χ3n) is 3.95. The summed E-state index contributed by atoms with van der Waals surface area (Å²) < 4.78 is 0. The van der Waals surface area contributed by atoms with Crippen molar-refractivity contribution in [3.8, 4) is 0 Å². The predicted octanol–water partition coefficient (Wildman–Crippen LogP) is -2.31. The van der Waals surface area contributed by atoms with Crippen LogP contribution in [0.1, 0.15) is 33.1 Å². The summed E-state index contributed by atoms with van der Waals surface area (Å²) >= 11 is 4.00. The van der Waals surface area contributed by atoms with E-state index >= 15 is 0 Å². The summed E-state index contributed by atoms with van der Waals surface area (Å²) in [6.07, 6.45) is -0.453. The molecule has 0 heterocycles. The summed E-state index contributed by atoms with van der Waals surface area (Å²) in [4.78, 5) is 58.8. The summed E-state index contributed by atoms with van der Waals surface area (Å²) in [5.74, 6) is -5.13. The lowest BCUT2D eigenvalue weighted by atomic mass is 10.0. The SMILES string of the molecule is CC(C)CC(N)C(=O)NC(CS)C(=O)NC(CCC(=O)O)C(=O)NC(CO)C(=O)O. The lowest BCUT2D eigenvalue weighted by Gasteiger charge is -2.24. The van der Waals surface area contributed by atoms with Crippen LogP contribution < -0.4 is 21.7 Å². The molecule has 0 fully saturated rings. The first kappa shape index (κ1) is 27.6. The predicted molar refractivity (Wildman–Crippen MR) is 109 cm³/mol. The van der Waals surface area contributed by atoms with Crippen molar-refractivity contribution in [2.45, 2.75) is 57.3 Å². The van der Waals surface area contributed by atoms with Gasteiger partial charge in [-0.05, 0) is 18.8 Å².